The summed E-state index contributed by atoms with van der Waals surface area (Å²) in [5.41, 5.74) is 4.77. The lowest BCUT2D eigenvalue weighted by Crippen LogP contribution is -2.51. The molecule has 0 radical (unpaired) electrons. The first-order valence-electron chi connectivity index (χ1n) is 11.0. The van der Waals surface area contributed by atoms with Gasteiger partial charge in [0.2, 0.25) is 0 Å². The van der Waals surface area contributed by atoms with Crippen molar-refractivity contribution in [3.8, 4) is 22.5 Å². The molecule has 6 nitrogen and oxygen atoms in total. The molecule has 1 atom stereocenters. The van der Waals surface area contributed by atoms with Gasteiger partial charge in [-0.15, -0.1) is 0 Å². The summed E-state index contributed by atoms with van der Waals surface area (Å²) in [6, 6.07) is 19.2. The van der Waals surface area contributed by atoms with E-state index in [1.54, 1.807) is 6.20 Å². The number of anilines is 1. The van der Waals surface area contributed by atoms with E-state index < -0.39 is 0 Å². The molecule has 1 aliphatic rings. The molecule has 162 valence electrons. The van der Waals surface area contributed by atoms with Gasteiger partial charge in [-0.2, -0.15) is 5.10 Å². The van der Waals surface area contributed by atoms with Gasteiger partial charge in [0.15, 0.2) is 5.65 Å². The zero-order valence-electron chi connectivity index (χ0n) is 18.0. The molecule has 1 aromatic carbocycles. The van der Waals surface area contributed by atoms with E-state index in [2.05, 4.69) is 75.6 Å². The summed E-state index contributed by atoms with van der Waals surface area (Å²) in [6.07, 6.45) is 2.94. The Morgan fingerprint density at radius 1 is 1.10 bits per heavy atom. The quantitative estimate of drug-likeness (QED) is 0.479. The van der Waals surface area contributed by atoms with E-state index in [-0.39, 0.29) is 2.85 Å². The fourth-order valence-corrected chi connectivity index (χ4v) is 4.46. The molecule has 0 amide bonds. The summed E-state index contributed by atoms with van der Waals surface area (Å²) >= 11 is 0. The number of nitrogens with zero attached hydrogens (tertiary/aromatic N) is 4. The Morgan fingerprint density at radius 2 is 1.97 bits per heavy atom. The van der Waals surface area contributed by atoms with Gasteiger partial charge in [-0.3, -0.25) is 5.10 Å². The summed E-state index contributed by atoms with van der Waals surface area (Å²) in [6.45, 7) is 7.47. The second-order valence-electron chi connectivity index (χ2n) is 8.63. The summed E-state index contributed by atoms with van der Waals surface area (Å²) in [7, 11) is 0. The third-order valence-electron chi connectivity index (χ3n) is 5.87. The summed E-state index contributed by atoms with van der Waals surface area (Å²) in [5, 5.41) is 12.3. The highest BCUT2D eigenvalue weighted by Gasteiger charge is 2.23. The number of fused-ring (bicyclic) bond motifs is 1. The van der Waals surface area contributed by atoms with Gasteiger partial charge in [0.25, 0.3) is 0 Å². The van der Waals surface area contributed by atoms with Crippen molar-refractivity contribution in [3.63, 3.8) is 0 Å². The molecular weight excluding hydrogens is 384 g/mol. The minimum absolute atomic E-state index is 0. The maximum Gasteiger partial charge on any atom is 0.181 e. The topological polar surface area (TPSA) is 69.7 Å². The van der Waals surface area contributed by atoms with Crippen molar-refractivity contribution in [2.24, 2.45) is 5.92 Å². The molecule has 0 aliphatic carbocycles. The van der Waals surface area contributed by atoms with Crippen LogP contribution in [0.5, 0.6) is 0 Å². The van der Waals surface area contributed by atoms with Crippen LogP contribution in [0.4, 0.5) is 5.82 Å². The Morgan fingerprint density at radius 3 is 2.81 bits per heavy atom. The lowest BCUT2D eigenvalue weighted by molar-refractivity contribution is 0.387. The average molecular weight is 417 g/mol. The third kappa shape index (κ3) is 4.03. The van der Waals surface area contributed by atoms with Crippen molar-refractivity contribution in [2.45, 2.75) is 26.3 Å². The van der Waals surface area contributed by atoms with E-state index in [4.69, 9.17) is 4.98 Å². The number of aromatic nitrogens is 4. The lowest BCUT2D eigenvalue weighted by Gasteiger charge is -2.35. The molecule has 5 rings (SSSR count). The average Bonchev–Trinajstić information content (AvgIpc) is 3.23. The minimum Gasteiger partial charge on any atom is -0.354 e. The van der Waals surface area contributed by atoms with Crippen LogP contribution in [0, 0.1) is 5.92 Å². The first-order valence-corrected chi connectivity index (χ1v) is 11.0. The second-order valence-corrected chi connectivity index (χ2v) is 8.63. The number of rotatable bonds is 5. The van der Waals surface area contributed by atoms with E-state index in [9.17, 15) is 0 Å². The van der Waals surface area contributed by atoms with Crippen LogP contribution in [0.3, 0.4) is 0 Å². The first-order chi connectivity index (χ1) is 15.2. The number of H-pyrrole nitrogens is 1. The van der Waals surface area contributed by atoms with Crippen LogP contribution in [0.2, 0.25) is 0 Å². The van der Waals surface area contributed by atoms with Crippen molar-refractivity contribution in [3.05, 3.63) is 60.8 Å². The van der Waals surface area contributed by atoms with Gasteiger partial charge in [-0.05, 0) is 42.2 Å². The molecule has 4 heterocycles. The number of pyridine rings is 2. The zero-order valence-corrected chi connectivity index (χ0v) is 18.0. The third-order valence-corrected chi connectivity index (χ3v) is 5.87. The molecular formula is C25H32N6. The Labute approximate surface area is 185 Å². The summed E-state index contributed by atoms with van der Waals surface area (Å²) in [5.74, 6) is 1.68. The molecule has 0 bridgehead atoms. The highest BCUT2D eigenvalue weighted by atomic mass is 15.2. The number of nitrogens with one attached hydrogen (secondary N) is 2. The number of hydrogen-bond donors (Lipinski definition) is 2. The lowest BCUT2D eigenvalue weighted by atomic mass is 10.00. The number of hydrogen-bond acceptors (Lipinski definition) is 5. The fourth-order valence-electron chi connectivity index (χ4n) is 4.46. The Balaban J connectivity index is 0.00000153. The van der Waals surface area contributed by atoms with Gasteiger partial charge < -0.3 is 10.2 Å². The number of piperazine rings is 1. The second kappa shape index (κ2) is 8.47. The predicted octanol–water partition coefficient (Wildman–Crippen LogP) is 5.00. The van der Waals surface area contributed by atoms with Crippen molar-refractivity contribution < 1.29 is 2.85 Å². The predicted molar refractivity (Wildman–Crippen MR) is 130 cm³/mol. The monoisotopic (exact) mass is 416 g/mol. The maximum absolute atomic E-state index is 5.18. The van der Waals surface area contributed by atoms with Crippen molar-refractivity contribution in [2.75, 3.05) is 24.5 Å². The Hall–Kier alpha value is -3.25. The van der Waals surface area contributed by atoms with Crippen LogP contribution >= 0.6 is 0 Å². The normalized spacial score (nSPS) is 16.9. The van der Waals surface area contributed by atoms with Crippen LogP contribution in [-0.2, 0) is 0 Å². The standard InChI is InChI=1S/C25H28N6.2H2/c1-17(2)15-19-16-31(14-13-26-19)22-11-10-20(18-7-4-3-5-8-18)23(28-22)24-21-9-6-12-27-25(21)30-29-24;;/h3-12,17,19,26H,13-16H2,1-2H3,(H,27,29,30);2*1H/t19-;;/m0../s1. The van der Waals surface area contributed by atoms with Gasteiger partial charge in [0.05, 0.1) is 11.4 Å². The molecule has 1 fully saturated rings. The van der Waals surface area contributed by atoms with Gasteiger partial charge >= 0.3 is 0 Å². The van der Waals surface area contributed by atoms with Gasteiger partial charge in [-0.25, -0.2) is 9.97 Å². The Bertz CT molecular complexity index is 1180. The summed E-state index contributed by atoms with van der Waals surface area (Å²) in [4.78, 5) is 12.0. The van der Waals surface area contributed by atoms with E-state index in [0.29, 0.717) is 17.6 Å². The summed E-state index contributed by atoms with van der Waals surface area (Å²) < 4.78 is 0. The van der Waals surface area contributed by atoms with Gasteiger partial charge in [0, 0.05) is 45.7 Å². The zero-order chi connectivity index (χ0) is 21.2. The van der Waals surface area contributed by atoms with Crippen LogP contribution < -0.4 is 10.2 Å². The molecule has 4 aromatic rings. The molecule has 1 saturated heterocycles. The molecule has 6 heteroatoms. The molecule has 1 aliphatic heterocycles. The van der Waals surface area contributed by atoms with E-state index >= 15 is 0 Å². The molecule has 2 N–H and O–H groups in total. The van der Waals surface area contributed by atoms with Crippen molar-refractivity contribution in [1.82, 2.24) is 25.5 Å². The Kier molecular flexibility index (Phi) is 5.38. The van der Waals surface area contributed by atoms with Gasteiger partial charge in [0.1, 0.15) is 5.82 Å². The largest absolute Gasteiger partial charge is 0.354 e. The maximum atomic E-state index is 5.18. The van der Waals surface area contributed by atoms with Crippen LogP contribution in [0.25, 0.3) is 33.5 Å². The van der Waals surface area contributed by atoms with E-state index in [1.807, 2.05) is 18.2 Å². The smallest absolute Gasteiger partial charge is 0.181 e. The highest BCUT2D eigenvalue weighted by Crippen LogP contribution is 2.34. The minimum atomic E-state index is 0. The van der Waals surface area contributed by atoms with Crippen molar-refractivity contribution in [1.29, 1.82) is 0 Å². The molecule has 31 heavy (non-hydrogen) atoms. The molecule has 0 spiro atoms. The van der Waals surface area contributed by atoms with Crippen LogP contribution in [-0.4, -0.2) is 45.8 Å². The molecule has 0 unspecified atom stereocenters. The number of aromatic amines is 1. The van der Waals surface area contributed by atoms with E-state index in [0.717, 1.165) is 53.4 Å². The van der Waals surface area contributed by atoms with E-state index in [1.165, 1.54) is 6.42 Å². The number of benzene rings is 1. The fraction of sp³-hybridized carbons (Fsp3) is 0.320. The molecule has 3 aromatic heterocycles. The first kappa shape index (κ1) is 19.7. The van der Waals surface area contributed by atoms with Crippen LogP contribution in [0.15, 0.2) is 60.8 Å². The molecule has 0 saturated carbocycles. The van der Waals surface area contributed by atoms with Crippen LogP contribution in [0.1, 0.15) is 23.1 Å². The van der Waals surface area contributed by atoms with Gasteiger partial charge in [-0.1, -0.05) is 44.2 Å². The highest BCUT2D eigenvalue weighted by molar-refractivity contribution is 5.94. The van der Waals surface area contributed by atoms with Crippen molar-refractivity contribution >= 4 is 16.9 Å². The SMILES string of the molecule is CC(C)C[C@H]1CN(c2ccc(-c3ccccc3)c(-c3[nH]nc4ncccc34)n2)CCN1.[HH].[HH].